The summed E-state index contributed by atoms with van der Waals surface area (Å²) in [4.78, 5) is 2.07. The Morgan fingerprint density at radius 2 is 2.27 bits per heavy atom. The van der Waals surface area contributed by atoms with E-state index in [1.54, 1.807) is 6.07 Å². The molecule has 15 heavy (non-hydrogen) atoms. The van der Waals surface area contributed by atoms with E-state index < -0.39 is 0 Å². The van der Waals surface area contributed by atoms with Crippen molar-refractivity contribution >= 4 is 28.9 Å². The van der Waals surface area contributed by atoms with Crippen molar-refractivity contribution in [1.29, 1.82) is 0 Å². The quantitative estimate of drug-likeness (QED) is 0.863. The number of aliphatic hydroxyl groups excluding tert-OH is 1. The molecule has 2 heterocycles. The van der Waals surface area contributed by atoms with E-state index in [0.717, 1.165) is 25.2 Å². The van der Waals surface area contributed by atoms with E-state index in [1.165, 1.54) is 0 Å². The van der Waals surface area contributed by atoms with Crippen molar-refractivity contribution < 1.29 is 5.11 Å². The van der Waals surface area contributed by atoms with Gasteiger partial charge in [-0.1, -0.05) is 23.2 Å². The summed E-state index contributed by atoms with van der Waals surface area (Å²) in [6.07, 6.45) is 0.965. The second kappa shape index (κ2) is 4.51. The third-order valence-corrected chi connectivity index (χ3v) is 3.04. The van der Waals surface area contributed by atoms with Crippen LogP contribution in [0, 0.1) is 5.92 Å². The van der Waals surface area contributed by atoms with Crippen molar-refractivity contribution in [2.45, 2.75) is 6.42 Å². The first-order valence-corrected chi connectivity index (χ1v) is 5.51. The summed E-state index contributed by atoms with van der Waals surface area (Å²) in [6.45, 7) is 1.87. The molecule has 1 aliphatic rings. The molecule has 1 fully saturated rings. The number of anilines is 1. The highest BCUT2D eigenvalue weighted by Crippen LogP contribution is 2.29. The van der Waals surface area contributed by atoms with E-state index in [-0.39, 0.29) is 6.61 Å². The molecule has 4 nitrogen and oxygen atoms in total. The summed E-state index contributed by atoms with van der Waals surface area (Å²) in [5.74, 6) is 0.313. The Kier molecular flexibility index (Phi) is 3.29. The number of rotatable bonds is 2. The van der Waals surface area contributed by atoms with Crippen LogP contribution in [0.1, 0.15) is 6.42 Å². The molecule has 0 spiro atoms. The maximum Gasteiger partial charge on any atom is 0.175 e. The number of hydrogen-bond acceptors (Lipinski definition) is 4. The molecule has 1 aliphatic heterocycles. The molecule has 0 bridgehead atoms. The first-order valence-electron chi connectivity index (χ1n) is 4.75. The second-order valence-corrected chi connectivity index (χ2v) is 4.37. The number of nitrogens with zero attached hydrogens (tertiary/aromatic N) is 3. The molecule has 1 aromatic heterocycles. The van der Waals surface area contributed by atoms with Gasteiger partial charge in [-0.25, -0.2) is 0 Å². The van der Waals surface area contributed by atoms with Gasteiger partial charge in [0.2, 0.25) is 0 Å². The van der Waals surface area contributed by atoms with E-state index in [9.17, 15) is 0 Å². The zero-order chi connectivity index (χ0) is 10.8. The van der Waals surface area contributed by atoms with Crippen LogP contribution in [0.5, 0.6) is 0 Å². The largest absolute Gasteiger partial charge is 0.396 e. The monoisotopic (exact) mass is 247 g/mol. The van der Waals surface area contributed by atoms with Crippen LogP contribution in [0.4, 0.5) is 5.69 Å². The summed E-state index contributed by atoms with van der Waals surface area (Å²) in [6, 6.07) is 1.71. The summed E-state index contributed by atoms with van der Waals surface area (Å²) in [7, 11) is 0. The standard InChI is InChI=1S/C9H11Cl2N3O/c10-8-3-7(9(11)13-12-8)14-2-1-6(4-14)5-15/h3,6,15H,1-2,4-5H2. The van der Waals surface area contributed by atoms with Gasteiger partial charge in [-0.2, -0.15) is 0 Å². The Bertz CT molecular complexity index is 361. The van der Waals surface area contributed by atoms with Crippen LogP contribution in [-0.4, -0.2) is 35.0 Å². The Morgan fingerprint density at radius 1 is 1.47 bits per heavy atom. The highest BCUT2D eigenvalue weighted by Gasteiger charge is 2.24. The van der Waals surface area contributed by atoms with Crippen molar-refractivity contribution in [1.82, 2.24) is 10.2 Å². The molecule has 0 aliphatic carbocycles. The van der Waals surface area contributed by atoms with Gasteiger partial charge in [0.25, 0.3) is 0 Å². The van der Waals surface area contributed by atoms with Crippen LogP contribution in [0.2, 0.25) is 10.3 Å². The number of hydrogen-bond donors (Lipinski definition) is 1. The van der Waals surface area contributed by atoms with E-state index in [4.69, 9.17) is 28.3 Å². The lowest BCUT2D eigenvalue weighted by Gasteiger charge is -2.18. The van der Waals surface area contributed by atoms with Gasteiger partial charge in [-0.15, -0.1) is 10.2 Å². The predicted molar refractivity (Wildman–Crippen MR) is 59.5 cm³/mol. The van der Waals surface area contributed by atoms with Gasteiger partial charge in [0.1, 0.15) is 0 Å². The van der Waals surface area contributed by atoms with E-state index in [1.807, 2.05) is 0 Å². The lowest BCUT2D eigenvalue weighted by atomic mass is 10.1. The average molecular weight is 248 g/mol. The Labute approximate surface area is 97.8 Å². The first-order chi connectivity index (χ1) is 7.20. The van der Waals surface area contributed by atoms with Crippen LogP contribution < -0.4 is 4.90 Å². The first kappa shape index (κ1) is 10.9. The minimum atomic E-state index is 0.209. The van der Waals surface area contributed by atoms with Gasteiger partial charge < -0.3 is 10.0 Å². The van der Waals surface area contributed by atoms with Crippen LogP contribution in [0.15, 0.2) is 6.07 Å². The average Bonchev–Trinajstić information content (AvgIpc) is 2.70. The molecule has 1 N–H and O–H groups in total. The maximum absolute atomic E-state index is 9.04. The SMILES string of the molecule is OCC1CCN(c2cc(Cl)nnc2Cl)C1. The summed E-state index contributed by atoms with van der Waals surface area (Å²) in [5.41, 5.74) is 0.799. The minimum absolute atomic E-state index is 0.209. The fraction of sp³-hybridized carbons (Fsp3) is 0.556. The summed E-state index contributed by atoms with van der Waals surface area (Å²) in [5, 5.41) is 17.1. The van der Waals surface area contributed by atoms with Crippen LogP contribution in [0.3, 0.4) is 0 Å². The van der Waals surface area contributed by atoms with Crippen LogP contribution in [0.25, 0.3) is 0 Å². The highest BCUT2D eigenvalue weighted by molar-refractivity contribution is 6.33. The summed E-state index contributed by atoms with van der Waals surface area (Å²) >= 11 is 11.7. The van der Waals surface area contributed by atoms with Gasteiger partial charge in [0, 0.05) is 31.7 Å². The topological polar surface area (TPSA) is 49.2 Å². The number of aromatic nitrogens is 2. The normalized spacial score (nSPS) is 21.0. The van der Waals surface area contributed by atoms with E-state index >= 15 is 0 Å². The predicted octanol–water partition coefficient (Wildman–Crippen LogP) is 1.60. The smallest absolute Gasteiger partial charge is 0.175 e. The van der Waals surface area contributed by atoms with Gasteiger partial charge in [0.15, 0.2) is 10.3 Å². The molecule has 0 saturated carbocycles. The zero-order valence-corrected chi connectivity index (χ0v) is 9.54. The summed E-state index contributed by atoms with van der Waals surface area (Å²) < 4.78 is 0. The van der Waals surface area contributed by atoms with Crippen LogP contribution >= 0.6 is 23.2 Å². The van der Waals surface area contributed by atoms with Gasteiger partial charge in [-0.05, 0) is 6.42 Å². The highest BCUT2D eigenvalue weighted by atomic mass is 35.5. The van der Waals surface area contributed by atoms with Crippen molar-refractivity contribution in [3.05, 3.63) is 16.4 Å². The molecule has 1 saturated heterocycles. The molecule has 1 unspecified atom stereocenters. The van der Waals surface area contributed by atoms with Gasteiger partial charge in [0.05, 0.1) is 5.69 Å². The van der Waals surface area contributed by atoms with Gasteiger partial charge >= 0.3 is 0 Å². The maximum atomic E-state index is 9.04. The van der Waals surface area contributed by atoms with Crippen molar-refractivity contribution in [3.8, 4) is 0 Å². The lowest BCUT2D eigenvalue weighted by Crippen LogP contribution is -2.21. The van der Waals surface area contributed by atoms with Crippen molar-refractivity contribution in [3.63, 3.8) is 0 Å². The molecule has 1 aromatic rings. The van der Waals surface area contributed by atoms with Gasteiger partial charge in [-0.3, -0.25) is 0 Å². The molecule has 82 valence electrons. The van der Waals surface area contributed by atoms with Crippen LogP contribution in [-0.2, 0) is 0 Å². The van der Waals surface area contributed by atoms with Crippen molar-refractivity contribution in [2.24, 2.45) is 5.92 Å². The molecule has 6 heteroatoms. The van der Waals surface area contributed by atoms with E-state index in [2.05, 4.69) is 15.1 Å². The molecular weight excluding hydrogens is 237 g/mol. The molecule has 2 rings (SSSR count). The molecule has 0 amide bonds. The minimum Gasteiger partial charge on any atom is -0.396 e. The molecule has 1 atom stereocenters. The van der Waals surface area contributed by atoms with E-state index in [0.29, 0.717) is 16.2 Å². The number of aliphatic hydroxyl groups is 1. The fourth-order valence-electron chi connectivity index (χ4n) is 1.77. The Morgan fingerprint density at radius 3 is 2.93 bits per heavy atom. The molecular formula is C9H11Cl2N3O. The Hall–Kier alpha value is -0.580. The fourth-order valence-corrected chi connectivity index (χ4v) is 2.12. The molecule has 0 aromatic carbocycles. The zero-order valence-electron chi connectivity index (χ0n) is 8.03. The number of halogens is 2. The van der Waals surface area contributed by atoms with Crippen molar-refractivity contribution in [2.75, 3.05) is 24.6 Å². The lowest BCUT2D eigenvalue weighted by molar-refractivity contribution is 0.238. The third kappa shape index (κ3) is 2.33. The Balaban J connectivity index is 2.19. The third-order valence-electron chi connectivity index (χ3n) is 2.59. The molecule has 0 radical (unpaired) electrons. The second-order valence-electron chi connectivity index (χ2n) is 3.63.